The molecule has 1 unspecified atom stereocenters. The average Bonchev–Trinajstić information content (AvgIpc) is 2.28. The van der Waals surface area contributed by atoms with Gasteiger partial charge in [-0.1, -0.05) is 46.3 Å². The Kier molecular flexibility index (Phi) is 3.69. The Morgan fingerprint density at radius 1 is 1.43 bits per heavy atom. The van der Waals surface area contributed by atoms with E-state index in [2.05, 4.69) is 15.9 Å². The normalized spacial score (nSPS) is 14.5. The SMILES string of the molecule is COC(=O)C(C)(CBr)c1ccccc1. The highest BCUT2D eigenvalue weighted by Crippen LogP contribution is 2.27. The van der Waals surface area contributed by atoms with Crippen LogP contribution in [0.5, 0.6) is 0 Å². The van der Waals surface area contributed by atoms with Gasteiger partial charge in [-0.15, -0.1) is 0 Å². The van der Waals surface area contributed by atoms with Gasteiger partial charge in [-0.3, -0.25) is 4.79 Å². The number of alkyl halides is 1. The quantitative estimate of drug-likeness (QED) is 0.614. The third-order valence-electron chi connectivity index (χ3n) is 2.31. The van der Waals surface area contributed by atoms with Crippen LogP contribution in [0, 0.1) is 0 Å². The lowest BCUT2D eigenvalue weighted by Gasteiger charge is -2.24. The minimum absolute atomic E-state index is 0.222. The van der Waals surface area contributed by atoms with Crippen LogP contribution in [0.2, 0.25) is 0 Å². The van der Waals surface area contributed by atoms with Gasteiger partial charge in [0.05, 0.1) is 12.5 Å². The number of hydrogen-bond acceptors (Lipinski definition) is 2. The minimum Gasteiger partial charge on any atom is -0.468 e. The second kappa shape index (κ2) is 4.60. The van der Waals surface area contributed by atoms with Gasteiger partial charge in [0.1, 0.15) is 0 Å². The lowest BCUT2D eigenvalue weighted by molar-refractivity contribution is -0.145. The lowest BCUT2D eigenvalue weighted by Crippen LogP contribution is -2.35. The summed E-state index contributed by atoms with van der Waals surface area (Å²) in [5, 5.41) is 0.552. The molecule has 0 radical (unpaired) electrons. The molecule has 0 amide bonds. The van der Waals surface area contributed by atoms with Crippen molar-refractivity contribution in [2.24, 2.45) is 0 Å². The second-order valence-corrected chi connectivity index (χ2v) is 3.88. The summed E-state index contributed by atoms with van der Waals surface area (Å²) in [7, 11) is 1.41. The van der Waals surface area contributed by atoms with Crippen LogP contribution >= 0.6 is 15.9 Å². The Bertz CT molecular complexity index is 310. The van der Waals surface area contributed by atoms with E-state index in [1.54, 1.807) is 0 Å². The molecule has 0 heterocycles. The van der Waals surface area contributed by atoms with Crippen LogP contribution in [0.3, 0.4) is 0 Å². The number of ether oxygens (including phenoxy) is 1. The molecule has 0 spiro atoms. The summed E-state index contributed by atoms with van der Waals surface area (Å²) in [5.41, 5.74) is 0.361. The summed E-state index contributed by atoms with van der Waals surface area (Å²) in [6, 6.07) is 9.62. The molecule has 0 saturated carbocycles. The van der Waals surface area contributed by atoms with Gasteiger partial charge in [-0.2, -0.15) is 0 Å². The molecule has 1 atom stereocenters. The number of carbonyl (C=O) groups excluding carboxylic acids is 1. The highest BCUT2D eigenvalue weighted by atomic mass is 79.9. The first-order chi connectivity index (χ1) is 6.65. The monoisotopic (exact) mass is 256 g/mol. The Hall–Kier alpha value is -0.830. The van der Waals surface area contributed by atoms with Crippen molar-refractivity contribution in [3.05, 3.63) is 35.9 Å². The average molecular weight is 257 g/mol. The van der Waals surface area contributed by atoms with Gasteiger partial charge < -0.3 is 4.74 Å². The van der Waals surface area contributed by atoms with Crippen LogP contribution in [-0.2, 0) is 14.9 Å². The predicted molar refractivity (Wildman–Crippen MR) is 59.6 cm³/mol. The van der Waals surface area contributed by atoms with Crippen LogP contribution in [0.1, 0.15) is 12.5 Å². The van der Waals surface area contributed by atoms with Gasteiger partial charge >= 0.3 is 5.97 Å². The van der Waals surface area contributed by atoms with E-state index in [1.807, 2.05) is 37.3 Å². The Labute approximate surface area is 92.4 Å². The molecule has 3 heteroatoms. The molecule has 2 nitrogen and oxygen atoms in total. The summed E-state index contributed by atoms with van der Waals surface area (Å²) in [4.78, 5) is 11.6. The van der Waals surface area contributed by atoms with Gasteiger partial charge in [0.25, 0.3) is 0 Å². The van der Waals surface area contributed by atoms with E-state index in [0.29, 0.717) is 5.33 Å². The minimum atomic E-state index is -0.601. The first-order valence-corrected chi connectivity index (χ1v) is 5.47. The standard InChI is InChI=1S/C11H13BrO2/c1-11(8-12,10(13)14-2)9-6-4-3-5-7-9/h3-7H,8H2,1-2H3. The molecule has 14 heavy (non-hydrogen) atoms. The van der Waals surface area contributed by atoms with Crippen molar-refractivity contribution in [2.45, 2.75) is 12.3 Å². The summed E-state index contributed by atoms with van der Waals surface area (Å²) in [5.74, 6) is -0.222. The number of esters is 1. The Balaban J connectivity index is 3.08. The van der Waals surface area contributed by atoms with Crippen LogP contribution < -0.4 is 0 Å². The topological polar surface area (TPSA) is 26.3 Å². The largest absolute Gasteiger partial charge is 0.468 e. The summed E-state index contributed by atoms with van der Waals surface area (Å²) in [6.45, 7) is 1.86. The molecule has 0 bridgehead atoms. The molecule has 1 aromatic rings. The van der Waals surface area contributed by atoms with Crippen LogP contribution in [-0.4, -0.2) is 18.4 Å². The molecule has 0 aliphatic heterocycles. The van der Waals surface area contributed by atoms with E-state index in [0.717, 1.165) is 5.56 Å². The van der Waals surface area contributed by atoms with Crippen molar-refractivity contribution in [1.82, 2.24) is 0 Å². The molecular formula is C11H13BrO2. The van der Waals surface area contributed by atoms with Crippen molar-refractivity contribution in [2.75, 3.05) is 12.4 Å². The van der Waals surface area contributed by atoms with E-state index in [1.165, 1.54) is 7.11 Å². The number of methoxy groups -OCH3 is 1. The van der Waals surface area contributed by atoms with Crippen molar-refractivity contribution in [3.63, 3.8) is 0 Å². The number of benzene rings is 1. The van der Waals surface area contributed by atoms with E-state index in [9.17, 15) is 4.79 Å². The lowest BCUT2D eigenvalue weighted by atomic mass is 9.85. The highest BCUT2D eigenvalue weighted by molar-refractivity contribution is 9.09. The number of hydrogen-bond donors (Lipinski definition) is 0. The number of halogens is 1. The maximum Gasteiger partial charge on any atom is 0.316 e. The predicted octanol–water partition coefficient (Wildman–Crippen LogP) is 2.51. The molecule has 0 fully saturated rings. The van der Waals surface area contributed by atoms with Gasteiger partial charge in [0.15, 0.2) is 0 Å². The maximum atomic E-state index is 11.6. The van der Waals surface area contributed by atoms with Crippen LogP contribution in [0.15, 0.2) is 30.3 Å². The fourth-order valence-corrected chi connectivity index (χ4v) is 1.83. The summed E-state index contributed by atoms with van der Waals surface area (Å²) < 4.78 is 4.79. The summed E-state index contributed by atoms with van der Waals surface area (Å²) >= 11 is 3.35. The van der Waals surface area contributed by atoms with Crippen molar-refractivity contribution < 1.29 is 9.53 Å². The molecule has 0 aromatic heterocycles. The van der Waals surface area contributed by atoms with E-state index in [4.69, 9.17) is 4.74 Å². The fourth-order valence-electron chi connectivity index (χ4n) is 1.28. The van der Waals surface area contributed by atoms with Gasteiger partial charge in [0, 0.05) is 5.33 Å². The molecule has 0 N–H and O–H groups in total. The van der Waals surface area contributed by atoms with Gasteiger partial charge in [0.2, 0.25) is 0 Å². The number of rotatable bonds is 3. The van der Waals surface area contributed by atoms with Crippen LogP contribution in [0.4, 0.5) is 0 Å². The second-order valence-electron chi connectivity index (χ2n) is 3.32. The zero-order valence-corrected chi connectivity index (χ0v) is 9.87. The molecule has 76 valence electrons. The number of carbonyl (C=O) groups is 1. The Morgan fingerprint density at radius 2 is 2.00 bits per heavy atom. The van der Waals surface area contributed by atoms with Crippen molar-refractivity contribution in [3.8, 4) is 0 Å². The third kappa shape index (κ3) is 1.98. The molecule has 1 aromatic carbocycles. The maximum absolute atomic E-state index is 11.6. The first-order valence-electron chi connectivity index (χ1n) is 4.35. The fraction of sp³-hybridized carbons (Fsp3) is 0.364. The zero-order valence-electron chi connectivity index (χ0n) is 8.29. The molecule has 1 rings (SSSR count). The Morgan fingerprint density at radius 3 is 2.43 bits per heavy atom. The van der Waals surface area contributed by atoms with E-state index < -0.39 is 5.41 Å². The van der Waals surface area contributed by atoms with Crippen molar-refractivity contribution >= 4 is 21.9 Å². The van der Waals surface area contributed by atoms with E-state index >= 15 is 0 Å². The zero-order chi connectivity index (χ0) is 10.6. The molecule has 0 saturated heterocycles. The molecule has 0 aliphatic carbocycles. The smallest absolute Gasteiger partial charge is 0.316 e. The third-order valence-corrected chi connectivity index (χ3v) is 3.44. The molecular weight excluding hydrogens is 244 g/mol. The first kappa shape index (κ1) is 11.2. The molecule has 0 aliphatic rings. The van der Waals surface area contributed by atoms with Gasteiger partial charge in [-0.05, 0) is 12.5 Å². The highest BCUT2D eigenvalue weighted by Gasteiger charge is 2.34. The summed E-state index contributed by atoms with van der Waals surface area (Å²) in [6.07, 6.45) is 0. The van der Waals surface area contributed by atoms with Crippen LogP contribution in [0.25, 0.3) is 0 Å². The van der Waals surface area contributed by atoms with E-state index in [-0.39, 0.29) is 5.97 Å². The van der Waals surface area contributed by atoms with Crippen molar-refractivity contribution in [1.29, 1.82) is 0 Å². The van der Waals surface area contributed by atoms with Gasteiger partial charge in [-0.25, -0.2) is 0 Å².